The predicted octanol–water partition coefficient (Wildman–Crippen LogP) is 8.13. The Morgan fingerprint density at radius 3 is 1.71 bits per heavy atom. The molecule has 0 radical (unpaired) electrons. The van der Waals surface area contributed by atoms with Crippen molar-refractivity contribution < 1.29 is 38.1 Å². The molecule has 0 aliphatic rings. The molecule has 3 aromatic rings. The zero-order chi connectivity index (χ0) is 32.3. The number of methoxy groups -OCH3 is 1. The predicted molar refractivity (Wildman–Crippen MR) is 174 cm³/mol. The van der Waals surface area contributed by atoms with Crippen molar-refractivity contribution in [3.63, 3.8) is 0 Å². The average molecular weight is 617 g/mol. The van der Waals surface area contributed by atoms with Crippen LogP contribution in [0.2, 0.25) is 0 Å². The van der Waals surface area contributed by atoms with Gasteiger partial charge in [-0.3, -0.25) is 0 Å². The summed E-state index contributed by atoms with van der Waals surface area (Å²) in [5.74, 6) is 0.385. The summed E-state index contributed by atoms with van der Waals surface area (Å²) in [6.07, 6.45) is 10.7. The van der Waals surface area contributed by atoms with Crippen LogP contribution in [0.25, 0.3) is 11.1 Å². The molecule has 0 heterocycles. The topological polar surface area (TPSA) is 97.4 Å². The summed E-state index contributed by atoms with van der Waals surface area (Å²) in [4.78, 5) is 35.1. The van der Waals surface area contributed by atoms with Gasteiger partial charge >= 0.3 is 17.9 Å². The highest BCUT2D eigenvalue weighted by molar-refractivity contribution is 5.91. The lowest BCUT2D eigenvalue weighted by molar-refractivity contribution is -0.148. The van der Waals surface area contributed by atoms with Crippen LogP contribution in [0.3, 0.4) is 0 Å². The van der Waals surface area contributed by atoms with Crippen LogP contribution in [0, 0.1) is 0 Å². The SMILES string of the molecule is C=CC(=O)OCCCCCCCCCCCOc1ccc(-c2ccc(C(=O)Oc3ccc(OC(C)C(=O)OC)cc3)cc2)cc1. The van der Waals surface area contributed by atoms with E-state index in [4.69, 9.17) is 18.9 Å². The van der Waals surface area contributed by atoms with E-state index in [0.29, 0.717) is 30.3 Å². The van der Waals surface area contributed by atoms with Crippen molar-refractivity contribution in [1.29, 1.82) is 0 Å². The van der Waals surface area contributed by atoms with Gasteiger partial charge in [-0.1, -0.05) is 75.8 Å². The molecule has 0 aromatic heterocycles. The van der Waals surface area contributed by atoms with Crippen molar-refractivity contribution >= 4 is 17.9 Å². The van der Waals surface area contributed by atoms with Crippen LogP contribution < -0.4 is 14.2 Å². The number of carbonyl (C=O) groups excluding carboxylic acids is 3. The normalized spacial score (nSPS) is 11.2. The molecule has 8 nitrogen and oxygen atoms in total. The number of esters is 3. The summed E-state index contributed by atoms with van der Waals surface area (Å²) >= 11 is 0. The van der Waals surface area contributed by atoms with Gasteiger partial charge in [0.25, 0.3) is 0 Å². The van der Waals surface area contributed by atoms with E-state index in [2.05, 4.69) is 11.3 Å². The van der Waals surface area contributed by atoms with E-state index in [9.17, 15) is 14.4 Å². The van der Waals surface area contributed by atoms with Gasteiger partial charge in [-0.15, -0.1) is 0 Å². The molecule has 0 amide bonds. The monoisotopic (exact) mass is 616 g/mol. The van der Waals surface area contributed by atoms with Gasteiger partial charge in [0.2, 0.25) is 0 Å². The summed E-state index contributed by atoms with van der Waals surface area (Å²) in [7, 11) is 1.30. The molecule has 3 aromatic carbocycles. The van der Waals surface area contributed by atoms with Crippen LogP contribution in [-0.4, -0.2) is 44.3 Å². The third-order valence-electron chi connectivity index (χ3n) is 7.16. The molecule has 0 saturated heterocycles. The number of ether oxygens (including phenoxy) is 5. The van der Waals surface area contributed by atoms with E-state index in [1.165, 1.54) is 45.3 Å². The highest BCUT2D eigenvalue weighted by Gasteiger charge is 2.15. The Kier molecular flexibility index (Phi) is 15.2. The number of hydrogen-bond acceptors (Lipinski definition) is 8. The van der Waals surface area contributed by atoms with E-state index in [-0.39, 0.29) is 5.97 Å². The van der Waals surface area contributed by atoms with E-state index in [0.717, 1.165) is 42.6 Å². The fourth-order valence-corrected chi connectivity index (χ4v) is 4.58. The van der Waals surface area contributed by atoms with Crippen LogP contribution in [0.15, 0.2) is 85.5 Å². The van der Waals surface area contributed by atoms with E-state index >= 15 is 0 Å². The smallest absolute Gasteiger partial charge is 0.346 e. The van der Waals surface area contributed by atoms with E-state index < -0.39 is 18.0 Å². The van der Waals surface area contributed by atoms with Crippen LogP contribution in [0.5, 0.6) is 17.2 Å². The minimum Gasteiger partial charge on any atom is -0.494 e. The molecular weight excluding hydrogens is 572 g/mol. The zero-order valence-corrected chi connectivity index (χ0v) is 26.3. The second-order valence-electron chi connectivity index (χ2n) is 10.6. The lowest BCUT2D eigenvalue weighted by Gasteiger charge is -2.12. The van der Waals surface area contributed by atoms with Gasteiger partial charge in [0, 0.05) is 6.08 Å². The molecule has 0 bridgehead atoms. The van der Waals surface area contributed by atoms with Gasteiger partial charge < -0.3 is 23.7 Å². The quantitative estimate of drug-likeness (QED) is 0.0543. The van der Waals surface area contributed by atoms with Gasteiger partial charge in [0.05, 0.1) is 25.9 Å². The van der Waals surface area contributed by atoms with Gasteiger partial charge in [0.1, 0.15) is 17.2 Å². The van der Waals surface area contributed by atoms with Gasteiger partial charge in [-0.05, 0) is 79.4 Å². The van der Waals surface area contributed by atoms with Crippen molar-refractivity contribution in [2.75, 3.05) is 20.3 Å². The Bertz CT molecular complexity index is 1330. The van der Waals surface area contributed by atoms with Crippen molar-refractivity contribution in [2.24, 2.45) is 0 Å². The van der Waals surface area contributed by atoms with Crippen molar-refractivity contribution in [2.45, 2.75) is 70.8 Å². The first-order valence-corrected chi connectivity index (χ1v) is 15.6. The number of carbonyl (C=O) groups is 3. The van der Waals surface area contributed by atoms with Gasteiger partial charge in [-0.2, -0.15) is 0 Å². The molecule has 45 heavy (non-hydrogen) atoms. The van der Waals surface area contributed by atoms with Crippen LogP contribution in [-0.2, 0) is 19.1 Å². The molecule has 1 atom stereocenters. The first-order valence-electron chi connectivity index (χ1n) is 15.6. The van der Waals surface area contributed by atoms with Gasteiger partial charge in [-0.25, -0.2) is 14.4 Å². The summed E-state index contributed by atoms with van der Waals surface area (Å²) < 4.78 is 26.5. The molecule has 240 valence electrons. The second kappa shape index (κ2) is 19.6. The van der Waals surface area contributed by atoms with Crippen molar-refractivity contribution in [3.05, 3.63) is 91.0 Å². The Labute approximate surface area is 266 Å². The summed E-state index contributed by atoms with van der Waals surface area (Å²) in [5.41, 5.74) is 2.44. The molecule has 3 rings (SSSR count). The Morgan fingerprint density at radius 2 is 1.16 bits per heavy atom. The lowest BCUT2D eigenvalue weighted by atomic mass is 10.0. The van der Waals surface area contributed by atoms with Crippen molar-refractivity contribution in [3.8, 4) is 28.4 Å². The number of hydrogen-bond donors (Lipinski definition) is 0. The Balaban J connectivity index is 1.30. The van der Waals surface area contributed by atoms with Crippen molar-refractivity contribution in [1.82, 2.24) is 0 Å². The second-order valence-corrected chi connectivity index (χ2v) is 10.6. The number of unbranched alkanes of at least 4 members (excludes halogenated alkanes) is 8. The highest BCUT2D eigenvalue weighted by atomic mass is 16.6. The van der Waals surface area contributed by atoms with Crippen LogP contribution in [0.4, 0.5) is 0 Å². The maximum Gasteiger partial charge on any atom is 0.346 e. The summed E-state index contributed by atoms with van der Waals surface area (Å²) in [6.45, 7) is 6.16. The highest BCUT2D eigenvalue weighted by Crippen LogP contribution is 2.24. The standard InChI is InChI=1S/C37H44O8/c1-4-35(38)43-27-13-11-9-7-5-6-8-10-12-26-42-32-20-18-30(19-21-32)29-14-16-31(17-15-29)37(40)45-34-24-22-33(23-25-34)44-28(2)36(39)41-3/h4,14-25,28H,1,5-13,26-27H2,2-3H3. The third-order valence-corrected chi connectivity index (χ3v) is 7.16. The van der Waals surface area contributed by atoms with E-state index in [1.54, 1.807) is 43.3 Å². The van der Waals surface area contributed by atoms with Crippen LogP contribution in [0.1, 0.15) is 75.1 Å². The van der Waals surface area contributed by atoms with Gasteiger partial charge in [0.15, 0.2) is 6.10 Å². The lowest BCUT2D eigenvalue weighted by Crippen LogP contribution is -2.24. The molecule has 0 spiro atoms. The molecule has 0 aliphatic carbocycles. The maximum atomic E-state index is 12.6. The minimum absolute atomic E-state index is 0.344. The molecule has 8 heteroatoms. The Hall–Kier alpha value is -4.59. The van der Waals surface area contributed by atoms with E-state index in [1.807, 2.05) is 36.4 Å². The number of rotatable bonds is 20. The number of benzene rings is 3. The fourth-order valence-electron chi connectivity index (χ4n) is 4.58. The fraction of sp³-hybridized carbons (Fsp3) is 0.378. The molecule has 0 saturated carbocycles. The maximum absolute atomic E-state index is 12.6. The zero-order valence-electron chi connectivity index (χ0n) is 26.3. The molecule has 0 N–H and O–H groups in total. The average Bonchev–Trinajstić information content (AvgIpc) is 3.07. The first kappa shape index (κ1) is 34.9. The molecule has 0 aliphatic heterocycles. The summed E-state index contributed by atoms with van der Waals surface area (Å²) in [6, 6.07) is 21.7. The Morgan fingerprint density at radius 1 is 0.667 bits per heavy atom. The molecular formula is C37H44O8. The third kappa shape index (κ3) is 12.9. The minimum atomic E-state index is -0.742. The summed E-state index contributed by atoms with van der Waals surface area (Å²) in [5, 5.41) is 0. The first-order chi connectivity index (χ1) is 21.9. The largest absolute Gasteiger partial charge is 0.494 e. The van der Waals surface area contributed by atoms with Crippen LogP contribution >= 0.6 is 0 Å². The molecule has 1 unspecified atom stereocenters. The molecule has 0 fully saturated rings.